The molecule has 35 heavy (non-hydrogen) atoms. The van der Waals surface area contributed by atoms with E-state index in [1.165, 1.54) is 70.8 Å². The Morgan fingerprint density at radius 2 is 1.63 bits per heavy atom. The second kappa shape index (κ2) is 16.5. The molecular formula is C24H47Cl3N8. The minimum Gasteiger partial charge on any atom is -0.370 e. The average Bonchev–Trinajstić information content (AvgIpc) is 3.10. The van der Waals surface area contributed by atoms with Crippen LogP contribution in [0, 0.1) is 0 Å². The Kier molecular flexibility index (Phi) is 15.0. The molecule has 2 saturated heterocycles. The molecule has 11 heteroatoms. The van der Waals surface area contributed by atoms with Gasteiger partial charge in [0.25, 0.3) is 0 Å². The van der Waals surface area contributed by atoms with Crippen LogP contribution in [0.25, 0.3) is 0 Å². The van der Waals surface area contributed by atoms with Crippen molar-refractivity contribution in [2.75, 3.05) is 36.4 Å². The molecule has 3 fully saturated rings. The third kappa shape index (κ3) is 9.30. The Labute approximate surface area is 231 Å². The molecule has 0 unspecified atom stereocenters. The van der Waals surface area contributed by atoms with Crippen LogP contribution >= 0.6 is 37.2 Å². The number of piperidine rings is 1. The van der Waals surface area contributed by atoms with Crippen LogP contribution in [-0.4, -0.2) is 65.1 Å². The van der Waals surface area contributed by atoms with Crippen molar-refractivity contribution in [3.05, 3.63) is 12.3 Å². The lowest BCUT2D eigenvalue weighted by atomic mass is 9.87. The van der Waals surface area contributed by atoms with Crippen molar-refractivity contribution in [2.45, 2.75) is 95.2 Å². The molecule has 8 nitrogen and oxygen atoms in total. The van der Waals surface area contributed by atoms with E-state index < -0.39 is 0 Å². The molecular weight excluding hydrogens is 507 g/mol. The molecule has 0 radical (unpaired) electrons. The second-order valence-electron chi connectivity index (χ2n) is 9.73. The SMILES string of the molecule is Cl.Cl.Cl.NC(N)=NCC[C@@H]1[C@@H](Nc2nccc(N3CCCCCC3)n2)CCCN1C1CCCCC1.[HH]. The van der Waals surface area contributed by atoms with Crippen LogP contribution in [0.3, 0.4) is 0 Å². The highest BCUT2D eigenvalue weighted by molar-refractivity contribution is 5.86. The van der Waals surface area contributed by atoms with Crippen LogP contribution < -0.4 is 21.7 Å². The van der Waals surface area contributed by atoms with E-state index >= 15 is 0 Å². The molecule has 1 aromatic heterocycles. The number of nitrogens with two attached hydrogens (primary N) is 2. The number of likely N-dealkylation sites (tertiary alicyclic amines) is 1. The fourth-order valence-corrected chi connectivity index (χ4v) is 5.87. The first kappa shape index (κ1) is 31.8. The summed E-state index contributed by atoms with van der Waals surface area (Å²) >= 11 is 0. The Morgan fingerprint density at radius 3 is 2.31 bits per heavy atom. The molecule has 2 atom stereocenters. The molecule has 1 saturated carbocycles. The monoisotopic (exact) mass is 552 g/mol. The summed E-state index contributed by atoms with van der Waals surface area (Å²) in [6.45, 7) is 4.03. The first-order valence-corrected chi connectivity index (χ1v) is 12.9. The lowest BCUT2D eigenvalue weighted by molar-refractivity contribution is 0.0610. The number of nitrogens with one attached hydrogen (secondary N) is 1. The smallest absolute Gasteiger partial charge is 0.224 e. The number of halogens is 3. The minimum absolute atomic E-state index is 0. The summed E-state index contributed by atoms with van der Waals surface area (Å²) in [5, 5.41) is 3.73. The first-order chi connectivity index (χ1) is 15.7. The van der Waals surface area contributed by atoms with Crippen molar-refractivity contribution in [1.82, 2.24) is 14.9 Å². The van der Waals surface area contributed by atoms with Gasteiger partial charge < -0.3 is 21.7 Å². The van der Waals surface area contributed by atoms with Gasteiger partial charge in [0.2, 0.25) is 5.95 Å². The largest absolute Gasteiger partial charge is 0.370 e. The highest BCUT2D eigenvalue weighted by atomic mass is 35.5. The van der Waals surface area contributed by atoms with Crippen molar-refractivity contribution in [3.8, 4) is 0 Å². The number of rotatable bonds is 7. The Balaban J connectivity index is 0.00000306. The standard InChI is InChI=1S/C24H42N8.3ClH.H2/c25-23(26)27-14-12-21-20(11-8-18-32(21)19-9-4-3-5-10-19)29-24-28-15-13-22(30-24)31-16-6-1-2-7-17-31;;;;/h13,15,19-21H,1-12,14,16-18H2,(H4,25,26,27)(H,28,29,30);4*1H/t20-,21+;;;;/m0..../s1. The summed E-state index contributed by atoms with van der Waals surface area (Å²) in [6, 6.07) is 3.46. The molecule has 0 aromatic carbocycles. The van der Waals surface area contributed by atoms with Crippen LogP contribution in [0.1, 0.15) is 78.5 Å². The molecule has 0 amide bonds. The molecule has 3 heterocycles. The van der Waals surface area contributed by atoms with Crippen LogP contribution in [0.5, 0.6) is 0 Å². The van der Waals surface area contributed by atoms with E-state index in [0.29, 0.717) is 24.7 Å². The lowest BCUT2D eigenvalue weighted by Gasteiger charge is -2.46. The highest BCUT2D eigenvalue weighted by Gasteiger charge is 2.36. The minimum atomic E-state index is 0. The molecule has 1 aliphatic carbocycles. The number of aliphatic imine (C=N–C) groups is 1. The predicted molar refractivity (Wildman–Crippen MR) is 156 cm³/mol. The van der Waals surface area contributed by atoms with E-state index in [4.69, 9.17) is 16.5 Å². The highest BCUT2D eigenvalue weighted by Crippen LogP contribution is 2.31. The zero-order valence-corrected chi connectivity index (χ0v) is 23.3. The summed E-state index contributed by atoms with van der Waals surface area (Å²) < 4.78 is 0. The van der Waals surface area contributed by atoms with Gasteiger partial charge in [-0.1, -0.05) is 32.1 Å². The van der Waals surface area contributed by atoms with Gasteiger partial charge in [-0.3, -0.25) is 9.89 Å². The van der Waals surface area contributed by atoms with E-state index in [2.05, 4.69) is 31.2 Å². The molecule has 5 N–H and O–H groups in total. The number of hydrogen-bond donors (Lipinski definition) is 3. The van der Waals surface area contributed by atoms with Gasteiger partial charge in [0.05, 0.1) is 0 Å². The summed E-state index contributed by atoms with van der Waals surface area (Å²) in [5.74, 6) is 2.00. The molecule has 0 spiro atoms. The number of anilines is 2. The van der Waals surface area contributed by atoms with E-state index in [9.17, 15) is 0 Å². The topological polar surface area (TPSA) is 109 Å². The lowest BCUT2D eigenvalue weighted by Crippen LogP contribution is -2.55. The Hall–Kier alpha value is -1.22. The fourth-order valence-electron chi connectivity index (χ4n) is 5.87. The molecule has 0 bridgehead atoms. The van der Waals surface area contributed by atoms with Gasteiger partial charge in [-0.2, -0.15) is 4.98 Å². The summed E-state index contributed by atoms with van der Waals surface area (Å²) in [4.78, 5) is 19.0. The van der Waals surface area contributed by atoms with Crippen LogP contribution in [0.4, 0.5) is 11.8 Å². The van der Waals surface area contributed by atoms with Gasteiger partial charge in [-0.05, 0) is 57.6 Å². The van der Waals surface area contributed by atoms with Crippen molar-refractivity contribution in [3.63, 3.8) is 0 Å². The molecule has 1 aromatic rings. The zero-order chi connectivity index (χ0) is 22.2. The van der Waals surface area contributed by atoms with E-state index in [1.54, 1.807) is 0 Å². The number of guanidine groups is 1. The van der Waals surface area contributed by atoms with Crippen LogP contribution in [-0.2, 0) is 0 Å². The number of nitrogens with zero attached hydrogens (tertiary/aromatic N) is 5. The normalized spacial score (nSPS) is 23.6. The third-order valence-electron chi connectivity index (χ3n) is 7.47. The maximum absolute atomic E-state index is 5.62. The average molecular weight is 554 g/mol. The van der Waals surface area contributed by atoms with Crippen molar-refractivity contribution in [1.29, 1.82) is 0 Å². The van der Waals surface area contributed by atoms with Crippen molar-refractivity contribution < 1.29 is 1.43 Å². The fraction of sp³-hybridized carbons (Fsp3) is 0.792. The predicted octanol–water partition coefficient (Wildman–Crippen LogP) is 4.61. The molecule has 204 valence electrons. The Morgan fingerprint density at radius 1 is 0.943 bits per heavy atom. The van der Waals surface area contributed by atoms with Gasteiger partial charge in [0.1, 0.15) is 5.82 Å². The van der Waals surface area contributed by atoms with Crippen LogP contribution in [0.2, 0.25) is 0 Å². The van der Waals surface area contributed by atoms with Crippen LogP contribution in [0.15, 0.2) is 17.3 Å². The van der Waals surface area contributed by atoms with Gasteiger partial charge in [-0.25, -0.2) is 4.98 Å². The van der Waals surface area contributed by atoms with Gasteiger partial charge in [-0.15, -0.1) is 37.2 Å². The zero-order valence-electron chi connectivity index (χ0n) is 20.8. The maximum atomic E-state index is 5.62. The van der Waals surface area contributed by atoms with E-state index in [0.717, 1.165) is 37.7 Å². The molecule has 3 aliphatic rings. The third-order valence-corrected chi connectivity index (χ3v) is 7.47. The van der Waals surface area contributed by atoms with Crippen molar-refractivity contribution in [2.24, 2.45) is 16.5 Å². The quantitative estimate of drug-likeness (QED) is 0.334. The number of aromatic nitrogens is 2. The second-order valence-corrected chi connectivity index (χ2v) is 9.73. The summed E-state index contributed by atoms with van der Waals surface area (Å²) in [6.07, 6.45) is 17.0. The Bertz CT molecular complexity index is 742. The van der Waals surface area contributed by atoms with Crippen molar-refractivity contribution >= 4 is 54.9 Å². The first-order valence-electron chi connectivity index (χ1n) is 12.9. The van der Waals surface area contributed by atoms with Gasteiger partial charge in [0, 0.05) is 45.4 Å². The molecule has 2 aliphatic heterocycles. The maximum Gasteiger partial charge on any atom is 0.224 e. The summed E-state index contributed by atoms with van der Waals surface area (Å²) in [7, 11) is 0. The number of hydrogen-bond acceptors (Lipinski definition) is 6. The molecule has 4 rings (SSSR count). The van der Waals surface area contributed by atoms with E-state index in [1.807, 2.05) is 6.20 Å². The summed E-state index contributed by atoms with van der Waals surface area (Å²) in [5.41, 5.74) is 11.2. The van der Waals surface area contributed by atoms with Gasteiger partial charge >= 0.3 is 0 Å². The van der Waals surface area contributed by atoms with E-state index in [-0.39, 0.29) is 44.6 Å². The van der Waals surface area contributed by atoms with Gasteiger partial charge in [0.15, 0.2) is 5.96 Å².